The highest BCUT2D eigenvalue weighted by atomic mass is 35.5. The van der Waals surface area contributed by atoms with Crippen LogP contribution in [0.1, 0.15) is 0 Å². The van der Waals surface area contributed by atoms with Crippen LogP contribution in [0.3, 0.4) is 0 Å². The monoisotopic (exact) mass is 319 g/mol. The van der Waals surface area contributed by atoms with Crippen LogP contribution in [0.4, 0.5) is 10.1 Å². The summed E-state index contributed by atoms with van der Waals surface area (Å²) in [5.41, 5.74) is 0.143. The van der Waals surface area contributed by atoms with Crippen LogP contribution >= 0.6 is 11.6 Å². The molecule has 1 N–H and O–H groups in total. The minimum absolute atomic E-state index is 0.0217. The first-order valence-corrected chi connectivity index (χ1v) is 7.24. The maximum atomic E-state index is 13.3. The van der Waals surface area contributed by atoms with E-state index in [-0.39, 0.29) is 21.6 Å². The molecule has 9 heteroatoms. The van der Waals surface area contributed by atoms with Gasteiger partial charge in [0.15, 0.2) is 11.6 Å². The van der Waals surface area contributed by atoms with Gasteiger partial charge in [0, 0.05) is 13.1 Å². The lowest BCUT2D eigenvalue weighted by molar-refractivity contribution is 0.387. The van der Waals surface area contributed by atoms with E-state index in [1.807, 2.05) is 0 Å². The van der Waals surface area contributed by atoms with Crippen molar-refractivity contribution in [2.24, 2.45) is 7.05 Å². The Morgan fingerprint density at radius 3 is 2.70 bits per heavy atom. The van der Waals surface area contributed by atoms with Crippen molar-refractivity contribution in [1.82, 2.24) is 9.55 Å². The molecule has 1 heterocycles. The van der Waals surface area contributed by atoms with Crippen LogP contribution in [-0.2, 0) is 17.1 Å². The smallest absolute Gasteiger partial charge is 0.282 e. The first-order valence-electron chi connectivity index (χ1n) is 5.38. The highest BCUT2D eigenvalue weighted by molar-refractivity contribution is 7.92. The summed E-state index contributed by atoms with van der Waals surface area (Å²) in [6.07, 6.45) is 1.28. The van der Waals surface area contributed by atoms with Crippen molar-refractivity contribution in [1.29, 1.82) is 0 Å². The normalized spacial score (nSPS) is 11.4. The third-order valence-corrected chi connectivity index (χ3v) is 4.36. The zero-order valence-electron chi connectivity index (χ0n) is 10.6. The second-order valence-electron chi connectivity index (χ2n) is 3.91. The van der Waals surface area contributed by atoms with E-state index in [0.717, 1.165) is 6.07 Å². The largest absolute Gasteiger partial charge is 0.494 e. The Morgan fingerprint density at radius 1 is 1.45 bits per heavy atom. The van der Waals surface area contributed by atoms with E-state index >= 15 is 0 Å². The Hall–Kier alpha value is -1.80. The summed E-state index contributed by atoms with van der Waals surface area (Å²) >= 11 is 5.84. The highest BCUT2D eigenvalue weighted by Gasteiger charge is 2.22. The Morgan fingerprint density at radius 2 is 2.15 bits per heavy atom. The van der Waals surface area contributed by atoms with E-state index in [0.29, 0.717) is 0 Å². The van der Waals surface area contributed by atoms with Gasteiger partial charge in [0.05, 0.1) is 19.1 Å². The van der Waals surface area contributed by atoms with Crippen LogP contribution in [0, 0.1) is 5.82 Å². The van der Waals surface area contributed by atoms with Crippen molar-refractivity contribution in [3.63, 3.8) is 0 Å². The van der Waals surface area contributed by atoms with Gasteiger partial charge in [-0.3, -0.25) is 4.72 Å². The summed E-state index contributed by atoms with van der Waals surface area (Å²) in [5.74, 6) is -0.663. The fraction of sp³-hybridized carbons (Fsp3) is 0.182. The van der Waals surface area contributed by atoms with Crippen LogP contribution in [-0.4, -0.2) is 25.1 Å². The van der Waals surface area contributed by atoms with Gasteiger partial charge in [0.25, 0.3) is 10.0 Å². The number of sulfonamides is 1. The molecule has 0 radical (unpaired) electrons. The van der Waals surface area contributed by atoms with Gasteiger partial charge in [-0.1, -0.05) is 11.6 Å². The highest BCUT2D eigenvalue weighted by Crippen LogP contribution is 2.25. The zero-order chi connectivity index (χ0) is 14.9. The van der Waals surface area contributed by atoms with Gasteiger partial charge in [0.2, 0.25) is 5.03 Å². The molecule has 6 nitrogen and oxygen atoms in total. The number of rotatable bonds is 4. The summed E-state index contributed by atoms with van der Waals surface area (Å²) < 4.78 is 45.9. The van der Waals surface area contributed by atoms with E-state index in [4.69, 9.17) is 16.3 Å². The number of nitrogens with one attached hydrogen (secondary N) is 1. The van der Waals surface area contributed by atoms with Crippen LogP contribution in [0.5, 0.6) is 5.75 Å². The molecule has 2 rings (SSSR count). The van der Waals surface area contributed by atoms with Crippen LogP contribution in [0.2, 0.25) is 5.15 Å². The predicted molar refractivity (Wildman–Crippen MR) is 72.0 cm³/mol. The van der Waals surface area contributed by atoms with Crippen molar-refractivity contribution in [3.8, 4) is 5.75 Å². The molecule has 0 bridgehead atoms. The number of ether oxygens (including phenoxy) is 1. The summed E-state index contributed by atoms with van der Waals surface area (Å²) in [5, 5.41) is -0.323. The average Bonchev–Trinajstić information content (AvgIpc) is 2.72. The maximum Gasteiger partial charge on any atom is 0.282 e. The molecule has 108 valence electrons. The number of nitrogens with zero attached hydrogens (tertiary/aromatic N) is 2. The molecule has 0 aliphatic carbocycles. The summed E-state index contributed by atoms with van der Waals surface area (Å²) in [6.45, 7) is 0. The van der Waals surface area contributed by atoms with Crippen molar-refractivity contribution in [2.45, 2.75) is 5.03 Å². The van der Waals surface area contributed by atoms with E-state index < -0.39 is 15.8 Å². The van der Waals surface area contributed by atoms with Crippen molar-refractivity contribution >= 4 is 27.3 Å². The number of halogens is 2. The fourth-order valence-corrected chi connectivity index (χ4v) is 2.98. The molecular formula is C11H11ClFN3O3S. The molecule has 0 aliphatic heterocycles. The molecule has 0 atom stereocenters. The Balaban J connectivity index is 2.36. The number of hydrogen-bond donors (Lipinski definition) is 1. The molecule has 1 aromatic heterocycles. The van der Waals surface area contributed by atoms with Crippen molar-refractivity contribution in [2.75, 3.05) is 11.8 Å². The first-order chi connectivity index (χ1) is 9.35. The van der Waals surface area contributed by atoms with Crippen LogP contribution in [0.25, 0.3) is 0 Å². The molecule has 0 aliphatic rings. The first kappa shape index (κ1) is 14.6. The minimum Gasteiger partial charge on any atom is -0.494 e. The molecule has 0 amide bonds. The van der Waals surface area contributed by atoms with Gasteiger partial charge in [-0.15, -0.1) is 0 Å². The number of anilines is 1. The van der Waals surface area contributed by atoms with Crippen LogP contribution in [0.15, 0.2) is 29.6 Å². The SMILES string of the molecule is COc1cc(NS(=O)(=O)c2ncn(C)c2Cl)ccc1F. The maximum absolute atomic E-state index is 13.3. The van der Waals surface area contributed by atoms with Gasteiger partial charge in [-0.25, -0.2) is 9.37 Å². The van der Waals surface area contributed by atoms with Gasteiger partial charge >= 0.3 is 0 Å². The number of aromatic nitrogens is 2. The van der Waals surface area contributed by atoms with Crippen molar-refractivity contribution < 1.29 is 17.5 Å². The van der Waals surface area contributed by atoms with Crippen molar-refractivity contribution in [3.05, 3.63) is 35.5 Å². The molecule has 20 heavy (non-hydrogen) atoms. The molecule has 0 spiro atoms. The number of imidazole rings is 1. The number of hydrogen-bond acceptors (Lipinski definition) is 4. The summed E-state index contributed by atoms with van der Waals surface area (Å²) in [7, 11) is -1.10. The molecule has 2 aromatic rings. The predicted octanol–water partition coefficient (Wildman–Crippen LogP) is 2.02. The minimum atomic E-state index is -3.95. The quantitative estimate of drug-likeness (QED) is 0.935. The van der Waals surface area contributed by atoms with E-state index in [1.54, 1.807) is 7.05 Å². The zero-order valence-corrected chi connectivity index (χ0v) is 12.2. The molecule has 1 aromatic carbocycles. The Bertz CT molecular complexity index is 745. The molecular weight excluding hydrogens is 309 g/mol. The van der Waals surface area contributed by atoms with E-state index in [2.05, 4.69) is 9.71 Å². The average molecular weight is 320 g/mol. The summed E-state index contributed by atoms with van der Waals surface area (Å²) in [6, 6.07) is 3.59. The lowest BCUT2D eigenvalue weighted by Crippen LogP contribution is -2.14. The Kier molecular flexibility index (Phi) is 3.87. The third kappa shape index (κ3) is 2.70. The Labute approximate surface area is 120 Å². The number of benzene rings is 1. The van der Waals surface area contributed by atoms with Gasteiger partial charge < -0.3 is 9.30 Å². The lowest BCUT2D eigenvalue weighted by atomic mass is 10.3. The van der Waals surface area contributed by atoms with E-state index in [9.17, 15) is 12.8 Å². The molecule has 0 unspecified atom stereocenters. The number of aryl methyl sites for hydroxylation is 1. The molecule has 0 saturated heterocycles. The topological polar surface area (TPSA) is 73.2 Å². The van der Waals surface area contributed by atoms with E-state index in [1.165, 1.54) is 30.1 Å². The van der Waals surface area contributed by atoms with Gasteiger partial charge in [-0.05, 0) is 12.1 Å². The third-order valence-electron chi connectivity index (χ3n) is 2.49. The van der Waals surface area contributed by atoms with Gasteiger partial charge in [-0.2, -0.15) is 8.42 Å². The van der Waals surface area contributed by atoms with Crippen LogP contribution < -0.4 is 9.46 Å². The lowest BCUT2D eigenvalue weighted by Gasteiger charge is -2.08. The second-order valence-corrected chi connectivity index (χ2v) is 5.86. The van der Waals surface area contributed by atoms with Gasteiger partial charge in [0.1, 0.15) is 5.15 Å². The molecule has 0 saturated carbocycles. The molecule has 0 fully saturated rings. The number of methoxy groups -OCH3 is 1. The summed E-state index contributed by atoms with van der Waals surface area (Å²) in [4.78, 5) is 3.72. The second kappa shape index (κ2) is 5.29. The standard InChI is InChI=1S/C11H11ClFN3O3S/c1-16-6-14-11(10(16)12)20(17,18)15-7-3-4-8(13)9(5-7)19-2/h3-6,15H,1-2H3. The fourth-order valence-electron chi connectivity index (χ4n) is 1.50.